The third-order valence-electron chi connectivity index (χ3n) is 6.10. The van der Waals surface area contributed by atoms with Gasteiger partial charge in [0.05, 0.1) is 17.5 Å². The van der Waals surface area contributed by atoms with Crippen molar-refractivity contribution in [3.8, 4) is 0 Å². The Balaban J connectivity index is 1.46. The highest BCUT2D eigenvalue weighted by atomic mass is 35.5. The number of benzene rings is 2. The zero-order chi connectivity index (χ0) is 27.9. The van der Waals surface area contributed by atoms with Gasteiger partial charge in [-0.3, -0.25) is 4.57 Å². The van der Waals surface area contributed by atoms with Crippen LogP contribution in [0.1, 0.15) is 33.9 Å². The summed E-state index contributed by atoms with van der Waals surface area (Å²) >= 11 is 17.9. The summed E-state index contributed by atoms with van der Waals surface area (Å²) in [5.41, 5.74) is 3.99. The minimum absolute atomic E-state index is 0.0334. The molecule has 4 aromatic rings. The summed E-state index contributed by atoms with van der Waals surface area (Å²) in [6.07, 6.45) is -2.90. The summed E-state index contributed by atoms with van der Waals surface area (Å²) in [6.45, 7) is 0.747. The fraction of sp³-hybridized carbons (Fsp3) is 0.240. The zero-order valence-electron chi connectivity index (χ0n) is 20.1. The number of esters is 2. The molecule has 10 nitrogen and oxygen atoms in total. The number of nitrogens with zero attached hydrogens (tertiary/aromatic N) is 4. The van der Waals surface area contributed by atoms with Crippen LogP contribution in [0.3, 0.4) is 0 Å². The Bertz CT molecular complexity index is 1550. The second kappa shape index (κ2) is 10.6. The number of aromatic nitrogens is 4. The van der Waals surface area contributed by atoms with Crippen molar-refractivity contribution >= 4 is 63.9 Å². The van der Waals surface area contributed by atoms with Crippen LogP contribution in [0.4, 0.5) is 10.3 Å². The van der Waals surface area contributed by atoms with Crippen molar-refractivity contribution in [3.63, 3.8) is 0 Å². The second-order valence-electron chi connectivity index (χ2n) is 8.81. The first kappa shape index (κ1) is 27.1. The van der Waals surface area contributed by atoms with Gasteiger partial charge in [-0.25, -0.2) is 19.0 Å². The van der Waals surface area contributed by atoms with E-state index in [1.165, 1.54) is 66.3 Å². The van der Waals surface area contributed by atoms with Gasteiger partial charge in [-0.15, -0.1) is 0 Å². The van der Waals surface area contributed by atoms with Gasteiger partial charge in [0.15, 0.2) is 28.8 Å². The SMILES string of the molecule is C[C@]1(F)C(OC(=O)c2ccc(Cl)cc2)C(COC(=O)c2ccc(Cl)cc2)OC1n1cnc2c(Cl)nc(N)nc21. The van der Waals surface area contributed by atoms with Crippen LogP contribution in [0.25, 0.3) is 11.2 Å². The molecule has 0 bridgehead atoms. The molecule has 3 heterocycles. The van der Waals surface area contributed by atoms with Gasteiger partial charge in [0.2, 0.25) is 5.95 Å². The van der Waals surface area contributed by atoms with Gasteiger partial charge in [0, 0.05) is 10.0 Å². The van der Waals surface area contributed by atoms with E-state index >= 15 is 4.39 Å². The van der Waals surface area contributed by atoms with Gasteiger partial charge in [-0.1, -0.05) is 34.8 Å². The van der Waals surface area contributed by atoms with Crippen molar-refractivity contribution < 1.29 is 28.2 Å². The summed E-state index contributed by atoms with van der Waals surface area (Å²) in [4.78, 5) is 37.7. The number of anilines is 1. The van der Waals surface area contributed by atoms with Gasteiger partial charge < -0.3 is 19.9 Å². The van der Waals surface area contributed by atoms with Crippen molar-refractivity contribution in [2.75, 3.05) is 12.3 Å². The number of hydrogen-bond donors (Lipinski definition) is 1. The molecule has 2 aromatic carbocycles. The quantitative estimate of drug-likeness (QED) is 0.240. The van der Waals surface area contributed by atoms with Crippen LogP contribution in [-0.4, -0.2) is 55.9 Å². The first-order chi connectivity index (χ1) is 18.5. The van der Waals surface area contributed by atoms with Crippen molar-refractivity contribution in [2.45, 2.75) is 31.0 Å². The van der Waals surface area contributed by atoms with Crippen molar-refractivity contribution in [3.05, 3.63) is 81.2 Å². The Morgan fingerprint density at radius 3 is 2.23 bits per heavy atom. The predicted molar refractivity (Wildman–Crippen MR) is 141 cm³/mol. The van der Waals surface area contributed by atoms with Crippen molar-refractivity contribution in [1.82, 2.24) is 19.5 Å². The molecule has 2 aromatic heterocycles. The fourth-order valence-electron chi connectivity index (χ4n) is 4.20. The average Bonchev–Trinajstić information content (AvgIpc) is 3.41. The van der Waals surface area contributed by atoms with Crippen LogP contribution in [0, 0.1) is 0 Å². The zero-order valence-corrected chi connectivity index (χ0v) is 22.3. The molecule has 3 unspecified atom stereocenters. The van der Waals surface area contributed by atoms with E-state index in [0.717, 1.165) is 0 Å². The molecule has 39 heavy (non-hydrogen) atoms. The summed E-state index contributed by atoms with van der Waals surface area (Å²) in [5.74, 6) is -1.70. The number of ether oxygens (including phenoxy) is 3. The molecule has 0 spiro atoms. The molecule has 0 radical (unpaired) electrons. The van der Waals surface area contributed by atoms with Crippen LogP contribution >= 0.6 is 34.8 Å². The Morgan fingerprint density at radius 2 is 1.62 bits per heavy atom. The molecule has 5 rings (SSSR count). The number of rotatable bonds is 6. The number of fused-ring (bicyclic) bond motifs is 1. The van der Waals surface area contributed by atoms with Gasteiger partial charge in [-0.05, 0) is 55.5 Å². The Kier molecular flexibility index (Phi) is 7.34. The highest BCUT2D eigenvalue weighted by Gasteiger charge is 2.58. The molecule has 1 fully saturated rings. The van der Waals surface area contributed by atoms with Gasteiger partial charge in [0.1, 0.15) is 18.2 Å². The maximum atomic E-state index is 16.6. The van der Waals surface area contributed by atoms with Gasteiger partial charge in [-0.2, -0.15) is 9.97 Å². The molecular weight excluding hydrogens is 576 g/mol. The van der Waals surface area contributed by atoms with E-state index in [-0.39, 0.29) is 33.4 Å². The highest BCUT2D eigenvalue weighted by molar-refractivity contribution is 6.33. The Hall–Kier alpha value is -3.51. The fourth-order valence-corrected chi connectivity index (χ4v) is 4.67. The number of carbonyl (C=O) groups excluding carboxylic acids is 2. The number of nitrogen functional groups attached to an aromatic ring is 1. The number of halogens is 4. The number of carbonyl (C=O) groups is 2. The van der Waals surface area contributed by atoms with Crippen LogP contribution < -0.4 is 5.73 Å². The maximum Gasteiger partial charge on any atom is 0.338 e. The van der Waals surface area contributed by atoms with Crippen LogP contribution in [-0.2, 0) is 14.2 Å². The molecule has 1 saturated heterocycles. The van der Waals surface area contributed by atoms with E-state index in [0.29, 0.717) is 10.0 Å². The minimum Gasteiger partial charge on any atom is -0.459 e. The molecular formula is C25H19Cl3FN5O5. The highest BCUT2D eigenvalue weighted by Crippen LogP contribution is 2.44. The average molecular weight is 595 g/mol. The third-order valence-corrected chi connectivity index (χ3v) is 6.87. The predicted octanol–water partition coefficient (Wildman–Crippen LogP) is 5.08. The summed E-state index contributed by atoms with van der Waals surface area (Å²) < 4.78 is 34.8. The summed E-state index contributed by atoms with van der Waals surface area (Å²) in [7, 11) is 0. The standard InChI is InChI=1S/C25H19Cl3FN5O5/c1-25(29)18(39-22(36)13-4-8-15(27)9-5-13)16(10-37-21(35)12-2-6-14(26)7-3-12)38-23(25)34-11-31-17-19(28)32-24(30)33-20(17)34/h2-9,11,16,18,23H,10H2,1H3,(H2,30,32,33)/t16?,18?,23?,25-/m0/s1. The lowest BCUT2D eigenvalue weighted by molar-refractivity contribution is -0.0611. The van der Waals surface area contributed by atoms with Crippen LogP contribution in [0.15, 0.2) is 54.9 Å². The number of hydrogen-bond acceptors (Lipinski definition) is 9. The number of alkyl halides is 1. The lowest BCUT2D eigenvalue weighted by Gasteiger charge is -2.27. The van der Waals surface area contributed by atoms with E-state index < -0.39 is 42.7 Å². The molecule has 202 valence electrons. The molecule has 14 heteroatoms. The van der Waals surface area contributed by atoms with E-state index in [1.807, 2.05) is 0 Å². The van der Waals surface area contributed by atoms with E-state index in [4.69, 9.17) is 54.7 Å². The lowest BCUT2D eigenvalue weighted by Crippen LogP contribution is -2.44. The van der Waals surface area contributed by atoms with Crippen LogP contribution in [0.2, 0.25) is 15.2 Å². The Labute approximate surface area is 235 Å². The summed E-state index contributed by atoms with van der Waals surface area (Å²) in [6, 6.07) is 11.9. The monoisotopic (exact) mass is 593 g/mol. The smallest absolute Gasteiger partial charge is 0.338 e. The maximum absolute atomic E-state index is 16.6. The molecule has 0 amide bonds. The number of imidazole rings is 1. The van der Waals surface area contributed by atoms with Gasteiger partial charge >= 0.3 is 11.9 Å². The molecule has 1 aliphatic heterocycles. The number of nitrogens with two attached hydrogens (primary N) is 1. The van der Waals surface area contributed by atoms with E-state index in [2.05, 4.69) is 15.0 Å². The van der Waals surface area contributed by atoms with E-state index in [9.17, 15) is 9.59 Å². The van der Waals surface area contributed by atoms with Crippen LogP contribution in [0.5, 0.6) is 0 Å². The molecule has 0 aliphatic carbocycles. The topological polar surface area (TPSA) is 131 Å². The molecule has 0 saturated carbocycles. The van der Waals surface area contributed by atoms with Crippen molar-refractivity contribution in [1.29, 1.82) is 0 Å². The first-order valence-electron chi connectivity index (χ1n) is 11.4. The Morgan fingerprint density at radius 1 is 1.03 bits per heavy atom. The lowest BCUT2D eigenvalue weighted by atomic mass is 9.98. The minimum atomic E-state index is -2.36. The van der Waals surface area contributed by atoms with Crippen molar-refractivity contribution in [2.24, 2.45) is 0 Å². The first-order valence-corrected chi connectivity index (χ1v) is 12.6. The molecule has 1 aliphatic rings. The molecule has 2 N–H and O–H groups in total. The third kappa shape index (κ3) is 5.35. The second-order valence-corrected chi connectivity index (χ2v) is 10.0. The van der Waals surface area contributed by atoms with E-state index in [1.54, 1.807) is 0 Å². The summed E-state index contributed by atoms with van der Waals surface area (Å²) in [5, 5.41) is 0.812. The van der Waals surface area contributed by atoms with Gasteiger partial charge in [0.25, 0.3) is 0 Å². The molecule has 4 atom stereocenters. The largest absolute Gasteiger partial charge is 0.459 e. The normalized spacial score (nSPS) is 22.6.